The van der Waals surface area contributed by atoms with Crippen LogP contribution in [0.1, 0.15) is 58.4 Å². The maximum absolute atomic E-state index is 12.6. The second-order valence-electron chi connectivity index (χ2n) is 9.88. The minimum Gasteiger partial charge on any atom is -0.504 e. The highest BCUT2D eigenvalue weighted by molar-refractivity contribution is 5.80. The molecule has 1 aromatic rings. The highest BCUT2D eigenvalue weighted by Gasteiger charge is 2.35. The van der Waals surface area contributed by atoms with Gasteiger partial charge in [-0.3, -0.25) is 4.79 Å². The fraction of sp³-hybridized carbons (Fsp3) is 0.667. The quantitative estimate of drug-likeness (QED) is 0.732. The molecule has 172 valence electrons. The predicted molar refractivity (Wildman–Crippen MR) is 118 cm³/mol. The van der Waals surface area contributed by atoms with E-state index in [0.717, 1.165) is 31.2 Å². The SMILES string of the molecule is COc1cc(CNC(=O)[C@@H]2CCN(C(=O)O[C@H]3CC[C@@H](C(C)(C)C)CC3)C2)ccc1O. The number of hydrogen-bond acceptors (Lipinski definition) is 5. The number of ether oxygens (including phenoxy) is 2. The van der Waals surface area contributed by atoms with E-state index >= 15 is 0 Å². The maximum atomic E-state index is 12.6. The number of amides is 2. The number of hydrogen-bond donors (Lipinski definition) is 2. The average molecular weight is 433 g/mol. The van der Waals surface area contributed by atoms with Crippen LogP contribution in [0, 0.1) is 17.3 Å². The Balaban J connectivity index is 1.42. The molecule has 0 radical (unpaired) electrons. The number of carbonyl (C=O) groups is 2. The molecule has 7 nitrogen and oxygen atoms in total. The van der Waals surface area contributed by atoms with Crippen LogP contribution >= 0.6 is 0 Å². The van der Waals surface area contributed by atoms with Crippen molar-refractivity contribution in [2.75, 3.05) is 20.2 Å². The van der Waals surface area contributed by atoms with Crippen LogP contribution in [0.3, 0.4) is 0 Å². The Morgan fingerprint density at radius 1 is 1.16 bits per heavy atom. The number of nitrogens with one attached hydrogen (secondary N) is 1. The fourth-order valence-electron chi connectivity index (χ4n) is 4.57. The number of phenols is 1. The van der Waals surface area contributed by atoms with Gasteiger partial charge in [-0.25, -0.2) is 4.79 Å². The molecule has 2 fully saturated rings. The third-order valence-corrected chi connectivity index (χ3v) is 6.69. The highest BCUT2D eigenvalue weighted by Crippen LogP contribution is 2.38. The summed E-state index contributed by atoms with van der Waals surface area (Å²) in [6.07, 6.45) is 4.35. The molecule has 0 unspecified atom stereocenters. The summed E-state index contributed by atoms with van der Waals surface area (Å²) in [4.78, 5) is 26.8. The number of benzene rings is 1. The summed E-state index contributed by atoms with van der Waals surface area (Å²) >= 11 is 0. The van der Waals surface area contributed by atoms with Crippen LogP contribution in [0.15, 0.2) is 18.2 Å². The maximum Gasteiger partial charge on any atom is 0.410 e. The Labute approximate surface area is 185 Å². The van der Waals surface area contributed by atoms with E-state index in [2.05, 4.69) is 26.1 Å². The fourth-order valence-corrected chi connectivity index (χ4v) is 4.57. The van der Waals surface area contributed by atoms with Gasteiger partial charge in [0, 0.05) is 19.6 Å². The first kappa shape index (κ1) is 23.2. The van der Waals surface area contributed by atoms with Crippen LogP contribution in [0.5, 0.6) is 11.5 Å². The van der Waals surface area contributed by atoms with Crippen molar-refractivity contribution in [1.82, 2.24) is 10.2 Å². The molecule has 3 rings (SSSR count). The van der Waals surface area contributed by atoms with E-state index in [9.17, 15) is 14.7 Å². The van der Waals surface area contributed by atoms with Crippen molar-refractivity contribution in [3.63, 3.8) is 0 Å². The molecule has 1 aromatic carbocycles. The summed E-state index contributed by atoms with van der Waals surface area (Å²) in [6.45, 7) is 8.10. The second kappa shape index (κ2) is 9.79. The normalized spacial score (nSPS) is 24.0. The van der Waals surface area contributed by atoms with Gasteiger partial charge >= 0.3 is 6.09 Å². The highest BCUT2D eigenvalue weighted by atomic mass is 16.6. The summed E-state index contributed by atoms with van der Waals surface area (Å²) in [7, 11) is 1.49. The van der Waals surface area contributed by atoms with Crippen LogP contribution in [0.4, 0.5) is 4.79 Å². The van der Waals surface area contributed by atoms with E-state index in [1.807, 2.05) is 0 Å². The Hall–Kier alpha value is -2.44. The van der Waals surface area contributed by atoms with Crippen LogP contribution in [0.2, 0.25) is 0 Å². The molecule has 1 atom stereocenters. The molecule has 0 spiro atoms. The molecule has 2 aliphatic rings. The van der Waals surface area contributed by atoms with Gasteiger partial charge in [0.15, 0.2) is 11.5 Å². The summed E-state index contributed by atoms with van der Waals surface area (Å²) in [6, 6.07) is 4.98. The first-order valence-electron chi connectivity index (χ1n) is 11.3. The van der Waals surface area contributed by atoms with E-state index in [4.69, 9.17) is 9.47 Å². The van der Waals surface area contributed by atoms with E-state index in [1.165, 1.54) is 7.11 Å². The van der Waals surface area contributed by atoms with Gasteiger partial charge in [-0.15, -0.1) is 0 Å². The van der Waals surface area contributed by atoms with Crippen LogP contribution in [0.25, 0.3) is 0 Å². The molecule has 1 aliphatic carbocycles. The molecule has 7 heteroatoms. The van der Waals surface area contributed by atoms with Gasteiger partial charge in [-0.1, -0.05) is 26.8 Å². The zero-order valence-corrected chi connectivity index (χ0v) is 19.1. The van der Waals surface area contributed by atoms with Crippen molar-refractivity contribution in [3.8, 4) is 11.5 Å². The number of phenolic OH excluding ortho intramolecular Hbond substituents is 1. The van der Waals surface area contributed by atoms with Gasteiger partial charge in [0.25, 0.3) is 0 Å². The van der Waals surface area contributed by atoms with Crippen molar-refractivity contribution in [2.24, 2.45) is 17.3 Å². The lowest BCUT2D eigenvalue weighted by Crippen LogP contribution is -2.37. The summed E-state index contributed by atoms with van der Waals surface area (Å²) in [5, 5.41) is 12.6. The number of methoxy groups -OCH3 is 1. The van der Waals surface area contributed by atoms with Crippen molar-refractivity contribution in [1.29, 1.82) is 0 Å². The molecule has 0 aromatic heterocycles. The van der Waals surface area contributed by atoms with Crippen molar-refractivity contribution < 1.29 is 24.2 Å². The zero-order chi connectivity index (χ0) is 22.6. The van der Waals surface area contributed by atoms with E-state index < -0.39 is 0 Å². The zero-order valence-electron chi connectivity index (χ0n) is 19.1. The first-order chi connectivity index (χ1) is 14.7. The smallest absolute Gasteiger partial charge is 0.410 e. The standard InChI is InChI=1S/C24H36N2O5/c1-24(2,3)18-6-8-19(9-7-18)31-23(29)26-12-11-17(15-26)22(28)25-14-16-5-10-20(27)21(13-16)30-4/h5,10,13,17-19,27H,6-9,11-12,14-15H2,1-4H3,(H,25,28)/t17-,18-,19+/m1/s1. The Morgan fingerprint density at radius 3 is 2.52 bits per heavy atom. The largest absolute Gasteiger partial charge is 0.504 e. The summed E-state index contributed by atoms with van der Waals surface area (Å²) in [5.74, 6) is 0.805. The molecule has 2 amide bonds. The lowest BCUT2D eigenvalue weighted by molar-refractivity contribution is -0.124. The molecule has 1 saturated carbocycles. The molecule has 1 aliphatic heterocycles. The number of carbonyl (C=O) groups excluding carboxylic acids is 2. The third kappa shape index (κ3) is 6.05. The average Bonchev–Trinajstić information content (AvgIpc) is 3.23. The lowest BCUT2D eigenvalue weighted by Gasteiger charge is -2.37. The number of nitrogens with zero attached hydrogens (tertiary/aromatic N) is 1. The topological polar surface area (TPSA) is 88.1 Å². The third-order valence-electron chi connectivity index (χ3n) is 6.69. The number of aromatic hydroxyl groups is 1. The Morgan fingerprint density at radius 2 is 1.87 bits per heavy atom. The second-order valence-corrected chi connectivity index (χ2v) is 9.88. The molecule has 1 heterocycles. The number of rotatable bonds is 5. The molecule has 31 heavy (non-hydrogen) atoms. The minimum atomic E-state index is -0.294. The van der Waals surface area contributed by atoms with Gasteiger partial charge in [-0.2, -0.15) is 0 Å². The van der Waals surface area contributed by atoms with E-state index in [1.54, 1.807) is 23.1 Å². The van der Waals surface area contributed by atoms with Crippen LogP contribution in [-0.2, 0) is 16.1 Å². The molecule has 1 saturated heterocycles. The van der Waals surface area contributed by atoms with E-state index in [0.29, 0.717) is 43.1 Å². The molecular weight excluding hydrogens is 396 g/mol. The number of likely N-dealkylation sites (tertiary alicyclic amines) is 1. The summed E-state index contributed by atoms with van der Waals surface area (Å²) in [5.41, 5.74) is 1.14. The molecule has 2 N–H and O–H groups in total. The van der Waals surface area contributed by atoms with Crippen molar-refractivity contribution >= 4 is 12.0 Å². The summed E-state index contributed by atoms with van der Waals surface area (Å²) < 4.78 is 10.8. The van der Waals surface area contributed by atoms with E-state index in [-0.39, 0.29) is 29.8 Å². The Bertz CT molecular complexity index is 781. The molecular formula is C24H36N2O5. The monoisotopic (exact) mass is 432 g/mol. The van der Waals surface area contributed by atoms with Crippen molar-refractivity contribution in [2.45, 2.75) is 65.5 Å². The van der Waals surface area contributed by atoms with Gasteiger partial charge in [0.1, 0.15) is 6.10 Å². The van der Waals surface area contributed by atoms with Gasteiger partial charge in [0.2, 0.25) is 5.91 Å². The van der Waals surface area contributed by atoms with Gasteiger partial charge in [-0.05, 0) is 61.1 Å². The van der Waals surface area contributed by atoms with Crippen molar-refractivity contribution in [3.05, 3.63) is 23.8 Å². The van der Waals surface area contributed by atoms with Gasteiger partial charge in [0.05, 0.1) is 13.0 Å². The first-order valence-corrected chi connectivity index (χ1v) is 11.3. The minimum absolute atomic E-state index is 0.0107. The Kier molecular flexibility index (Phi) is 7.34. The van der Waals surface area contributed by atoms with Crippen LogP contribution in [-0.4, -0.2) is 48.3 Å². The van der Waals surface area contributed by atoms with Gasteiger partial charge < -0.3 is 24.8 Å². The lowest BCUT2D eigenvalue weighted by atomic mass is 9.72. The molecule has 0 bridgehead atoms. The van der Waals surface area contributed by atoms with Crippen LogP contribution < -0.4 is 10.1 Å². The predicted octanol–water partition coefficient (Wildman–Crippen LogP) is 4.08.